The van der Waals surface area contributed by atoms with Gasteiger partial charge < -0.3 is 10.4 Å². The molecule has 0 aromatic carbocycles. The molecule has 3 unspecified atom stereocenters. The van der Waals surface area contributed by atoms with Gasteiger partial charge in [0.05, 0.1) is 11.9 Å². The van der Waals surface area contributed by atoms with E-state index in [-0.39, 0.29) is 23.7 Å². The van der Waals surface area contributed by atoms with Gasteiger partial charge in [-0.1, -0.05) is 6.92 Å². The third-order valence-corrected chi connectivity index (χ3v) is 6.07. The SMILES string of the molecule is CC1CN(S(=O)(=O)CC2CCCNC2)CCC1O. The molecule has 2 heterocycles. The Morgan fingerprint density at radius 2 is 2.17 bits per heavy atom. The van der Waals surface area contributed by atoms with Gasteiger partial charge in [0.25, 0.3) is 0 Å². The topological polar surface area (TPSA) is 69.6 Å². The number of nitrogens with one attached hydrogen (secondary N) is 1. The highest BCUT2D eigenvalue weighted by molar-refractivity contribution is 7.89. The van der Waals surface area contributed by atoms with Crippen molar-refractivity contribution in [3.05, 3.63) is 0 Å². The van der Waals surface area contributed by atoms with Gasteiger partial charge in [-0.25, -0.2) is 12.7 Å². The molecular formula is C12H24N2O3S. The summed E-state index contributed by atoms with van der Waals surface area (Å²) in [5.74, 6) is 0.534. The summed E-state index contributed by atoms with van der Waals surface area (Å²) in [6, 6.07) is 0. The zero-order valence-electron chi connectivity index (χ0n) is 11.0. The highest BCUT2D eigenvalue weighted by Crippen LogP contribution is 2.22. The lowest BCUT2D eigenvalue weighted by Crippen LogP contribution is -2.47. The van der Waals surface area contributed by atoms with Gasteiger partial charge in [0.2, 0.25) is 10.0 Å². The Labute approximate surface area is 110 Å². The van der Waals surface area contributed by atoms with Crippen LogP contribution in [0.25, 0.3) is 0 Å². The van der Waals surface area contributed by atoms with Gasteiger partial charge in [-0.15, -0.1) is 0 Å². The first-order valence-corrected chi connectivity index (χ1v) is 8.46. The predicted molar refractivity (Wildman–Crippen MR) is 70.7 cm³/mol. The molecular weight excluding hydrogens is 252 g/mol. The minimum Gasteiger partial charge on any atom is -0.393 e. The average molecular weight is 276 g/mol. The monoisotopic (exact) mass is 276 g/mol. The summed E-state index contributed by atoms with van der Waals surface area (Å²) in [5, 5.41) is 12.9. The van der Waals surface area contributed by atoms with E-state index in [1.165, 1.54) is 0 Å². The number of piperidine rings is 2. The maximum absolute atomic E-state index is 12.3. The average Bonchev–Trinajstić information content (AvgIpc) is 2.33. The van der Waals surface area contributed by atoms with Crippen LogP contribution in [-0.2, 0) is 10.0 Å². The summed E-state index contributed by atoms with van der Waals surface area (Å²) in [4.78, 5) is 0. The van der Waals surface area contributed by atoms with E-state index in [9.17, 15) is 13.5 Å². The maximum atomic E-state index is 12.3. The Morgan fingerprint density at radius 1 is 1.39 bits per heavy atom. The lowest BCUT2D eigenvalue weighted by molar-refractivity contribution is 0.0627. The van der Waals surface area contributed by atoms with Gasteiger partial charge >= 0.3 is 0 Å². The smallest absolute Gasteiger partial charge is 0.214 e. The molecule has 5 nitrogen and oxygen atoms in total. The van der Waals surface area contributed by atoms with Crippen molar-refractivity contribution < 1.29 is 13.5 Å². The van der Waals surface area contributed by atoms with Crippen LogP contribution in [0.2, 0.25) is 0 Å². The molecule has 0 bridgehead atoms. The number of rotatable bonds is 3. The molecule has 18 heavy (non-hydrogen) atoms. The number of aliphatic hydroxyl groups is 1. The molecule has 2 aliphatic rings. The number of sulfonamides is 1. The molecule has 6 heteroatoms. The van der Waals surface area contributed by atoms with Gasteiger partial charge in [-0.3, -0.25) is 0 Å². The van der Waals surface area contributed by atoms with E-state index in [0.717, 1.165) is 25.9 Å². The third kappa shape index (κ3) is 3.44. The van der Waals surface area contributed by atoms with Crippen molar-refractivity contribution in [2.24, 2.45) is 11.8 Å². The molecule has 0 aromatic rings. The summed E-state index contributed by atoms with van der Waals surface area (Å²) in [6.07, 6.45) is 2.27. The van der Waals surface area contributed by atoms with E-state index in [2.05, 4.69) is 5.32 Å². The predicted octanol–water partition coefficient (Wildman–Crippen LogP) is 0.0185. The van der Waals surface area contributed by atoms with E-state index >= 15 is 0 Å². The first-order valence-electron chi connectivity index (χ1n) is 6.85. The molecule has 2 rings (SSSR count). The standard InChI is InChI=1S/C12H24N2O3S/c1-10-8-14(6-4-12(10)15)18(16,17)9-11-3-2-5-13-7-11/h10-13,15H,2-9H2,1H3. The second-order valence-electron chi connectivity index (χ2n) is 5.68. The molecule has 2 aliphatic heterocycles. The minimum atomic E-state index is -3.16. The van der Waals surface area contributed by atoms with Crippen molar-refractivity contribution in [3.8, 4) is 0 Å². The van der Waals surface area contributed by atoms with E-state index < -0.39 is 10.0 Å². The van der Waals surface area contributed by atoms with Crippen LogP contribution in [0.4, 0.5) is 0 Å². The Hall–Kier alpha value is -0.170. The third-order valence-electron chi connectivity index (χ3n) is 4.06. The second kappa shape index (κ2) is 5.86. The van der Waals surface area contributed by atoms with Crippen molar-refractivity contribution in [3.63, 3.8) is 0 Å². The molecule has 2 N–H and O–H groups in total. The van der Waals surface area contributed by atoms with Crippen molar-refractivity contribution in [1.82, 2.24) is 9.62 Å². The Kier molecular flexibility index (Phi) is 4.64. The van der Waals surface area contributed by atoms with Crippen molar-refractivity contribution in [2.75, 3.05) is 31.9 Å². The van der Waals surface area contributed by atoms with E-state index in [1.54, 1.807) is 4.31 Å². The molecule has 0 amide bonds. The van der Waals surface area contributed by atoms with Crippen molar-refractivity contribution >= 4 is 10.0 Å². The van der Waals surface area contributed by atoms with E-state index in [1.807, 2.05) is 6.92 Å². The van der Waals surface area contributed by atoms with Crippen LogP contribution in [0.15, 0.2) is 0 Å². The van der Waals surface area contributed by atoms with Crippen LogP contribution in [-0.4, -0.2) is 55.9 Å². The fraction of sp³-hybridized carbons (Fsp3) is 1.00. The fourth-order valence-electron chi connectivity index (χ4n) is 2.82. The molecule has 0 aromatic heterocycles. The molecule has 0 spiro atoms. The normalized spacial score (nSPS) is 35.6. The van der Waals surface area contributed by atoms with Crippen LogP contribution >= 0.6 is 0 Å². The van der Waals surface area contributed by atoms with Gasteiger partial charge in [-0.2, -0.15) is 0 Å². The molecule has 0 saturated carbocycles. The summed E-state index contributed by atoms with van der Waals surface area (Å²) in [5.41, 5.74) is 0. The van der Waals surface area contributed by atoms with Crippen LogP contribution in [0.1, 0.15) is 26.2 Å². The largest absolute Gasteiger partial charge is 0.393 e. The number of hydrogen-bond donors (Lipinski definition) is 2. The summed E-state index contributed by atoms with van der Waals surface area (Å²) in [6.45, 7) is 4.65. The lowest BCUT2D eigenvalue weighted by atomic mass is 9.99. The highest BCUT2D eigenvalue weighted by atomic mass is 32.2. The first-order chi connectivity index (χ1) is 8.49. The Balaban J connectivity index is 1.93. The van der Waals surface area contributed by atoms with E-state index in [0.29, 0.717) is 19.5 Å². The zero-order chi connectivity index (χ0) is 13.2. The molecule has 2 saturated heterocycles. The second-order valence-corrected chi connectivity index (χ2v) is 7.70. The fourth-order valence-corrected chi connectivity index (χ4v) is 4.75. The lowest BCUT2D eigenvalue weighted by Gasteiger charge is -2.34. The summed E-state index contributed by atoms with van der Waals surface area (Å²) < 4.78 is 26.2. The highest BCUT2D eigenvalue weighted by Gasteiger charge is 2.33. The molecule has 0 aliphatic carbocycles. The molecule has 106 valence electrons. The molecule has 0 radical (unpaired) electrons. The van der Waals surface area contributed by atoms with Crippen molar-refractivity contribution in [1.29, 1.82) is 0 Å². The van der Waals surface area contributed by atoms with Gasteiger partial charge in [-0.05, 0) is 44.2 Å². The first kappa shape index (κ1) is 14.2. The van der Waals surface area contributed by atoms with Crippen molar-refractivity contribution in [2.45, 2.75) is 32.3 Å². The van der Waals surface area contributed by atoms with E-state index in [4.69, 9.17) is 0 Å². The van der Waals surface area contributed by atoms with Crippen LogP contribution < -0.4 is 5.32 Å². The minimum absolute atomic E-state index is 0.0398. The van der Waals surface area contributed by atoms with Gasteiger partial charge in [0, 0.05) is 13.1 Å². The van der Waals surface area contributed by atoms with Crippen LogP contribution in [0.3, 0.4) is 0 Å². The number of nitrogens with zero attached hydrogens (tertiary/aromatic N) is 1. The number of hydrogen-bond acceptors (Lipinski definition) is 4. The zero-order valence-corrected chi connectivity index (χ0v) is 11.8. The Morgan fingerprint density at radius 3 is 2.78 bits per heavy atom. The summed E-state index contributed by atoms with van der Waals surface area (Å²) >= 11 is 0. The van der Waals surface area contributed by atoms with Gasteiger partial charge in [0.15, 0.2) is 0 Å². The Bertz CT molecular complexity index is 366. The molecule has 3 atom stereocenters. The molecule has 2 fully saturated rings. The summed E-state index contributed by atoms with van der Waals surface area (Å²) in [7, 11) is -3.16. The van der Waals surface area contributed by atoms with Crippen LogP contribution in [0, 0.1) is 11.8 Å². The quantitative estimate of drug-likeness (QED) is 0.762. The maximum Gasteiger partial charge on any atom is 0.214 e. The van der Waals surface area contributed by atoms with Gasteiger partial charge in [0.1, 0.15) is 0 Å². The number of aliphatic hydroxyl groups excluding tert-OH is 1. The van der Waals surface area contributed by atoms with Crippen LogP contribution in [0.5, 0.6) is 0 Å².